The van der Waals surface area contributed by atoms with Gasteiger partial charge < -0.3 is 9.13 Å². The number of benzene rings is 6. The lowest BCUT2D eigenvalue weighted by molar-refractivity contribution is 0.956. The van der Waals surface area contributed by atoms with E-state index in [0.29, 0.717) is 11.1 Å². The van der Waals surface area contributed by atoms with E-state index in [0.717, 1.165) is 69.4 Å². The molecule has 0 fully saturated rings. The van der Waals surface area contributed by atoms with Crippen LogP contribution in [0.25, 0.3) is 66.3 Å². The van der Waals surface area contributed by atoms with Gasteiger partial charge in [0.25, 0.3) is 0 Å². The molecule has 4 nitrogen and oxygen atoms in total. The zero-order valence-electron chi connectivity index (χ0n) is 26.8. The summed E-state index contributed by atoms with van der Waals surface area (Å²) in [4.78, 5) is 0. The molecule has 2 heterocycles. The van der Waals surface area contributed by atoms with Crippen molar-refractivity contribution in [1.29, 1.82) is 10.5 Å². The fourth-order valence-corrected chi connectivity index (χ4v) is 7.88. The Morgan fingerprint density at radius 1 is 0.510 bits per heavy atom. The molecule has 2 aromatic heterocycles. The second kappa shape index (κ2) is 11.6. The van der Waals surface area contributed by atoms with Crippen LogP contribution in [0.2, 0.25) is 0 Å². The highest BCUT2D eigenvalue weighted by Crippen LogP contribution is 2.42. The molecule has 0 atom stereocenters. The minimum atomic E-state index is 0.371. The Hall–Kier alpha value is -6.62. The zero-order chi connectivity index (χ0) is 32.9. The zero-order valence-corrected chi connectivity index (χ0v) is 26.8. The van der Waals surface area contributed by atoms with Crippen molar-refractivity contribution in [1.82, 2.24) is 9.13 Å². The molecule has 0 bridgehead atoms. The van der Waals surface area contributed by atoms with Crippen LogP contribution < -0.4 is 0 Å². The molecule has 0 amide bonds. The maximum Gasteiger partial charge on any atom is 0.103 e. The van der Waals surface area contributed by atoms with Crippen LogP contribution in [-0.2, 0) is 12.8 Å². The van der Waals surface area contributed by atoms with Gasteiger partial charge in [0.1, 0.15) is 12.1 Å². The smallest absolute Gasteiger partial charge is 0.103 e. The van der Waals surface area contributed by atoms with E-state index in [1.165, 1.54) is 27.4 Å². The van der Waals surface area contributed by atoms with Gasteiger partial charge in [-0.05, 0) is 71.5 Å². The van der Waals surface area contributed by atoms with E-state index in [9.17, 15) is 10.5 Å². The molecule has 4 heteroatoms. The van der Waals surface area contributed by atoms with Gasteiger partial charge in [-0.25, -0.2) is 0 Å². The quantitative estimate of drug-likeness (QED) is 0.183. The molecule has 9 rings (SSSR count). The molecule has 230 valence electrons. The van der Waals surface area contributed by atoms with Crippen molar-refractivity contribution in [2.75, 3.05) is 0 Å². The molecule has 0 radical (unpaired) electrons. The molecule has 0 aliphatic heterocycles. The summed E-state index contributed by atoms with van der Waals surface area (Å²) in [6, 6.07) is 51.3. The van der Waals surface area contributed by atoms with Crippen molar-refractivity contribution in [3.63, 3.8) is 0 Å². The minimum Gasteiger partial charge on any atom is -0.312 e. The van der Waals surface area contributed by atoms with Crippen molar-refractivity contribution in [3.05, 3.63) is 168 Å². The number of hydrogen-bond acceptors (Lipinski definition) is 2. The minimum absolute atomic E-state index is 0.371. The molecule has 8 aromatic rings. The Bertz CT molecular complexity index is 2670. The van der Waals surface area contributed by atoms with Gasteiger partial charge in [0.2, 0.25) is 0 Å². The number of fused-ring (bicyclic) bond motifs is 6. The first-order valence-electron chi connectivity index (χ1n) is 16.7. The molecule has 6 aromatic carbocycles. The molecular formula is C45H30N4. The van der Waals surface area contributed by atoms with Gasteiger partial charge in [-0.3, -0.25) is 0 Å². The lowest BCUT2D eigenvalue weighted by Crippen LogP contribution is -2.05. The highest BCUT2D eigenvalue weighted by Gasteiger charge is 2.24. The van der Waals surface area contributed by atoms with Gasteiger partial charge in [0, 0.05) is 33.8 Å². The SMILES string of the molecule is N#Cc1cc(-c2ccccc2-c2ccccc2-n2c3ccccc3c3ccccc32)cc(-n2c3c(c4ccccc42)CCC=CC3)c1C#N. The summed E-state index contributed by atoms with van der Waals surface area (Å²) in [5, 5.41) is 24.6. The van der Waals surface area contributed by atoms with Crippen LogP contribution in [0.1, 0.15) is 28.8 Å². The summed E-state index contributed by atoms with van der Waals surface area (Å²) in [6.07, 6.45) is 7.15. The molecule has 1 aliphatic rings. The normalized spacial score (nSPS) is 12.5. The number of para-hydroxylation sites is 4. The van der Waals surface area contributed by atoms with E-state index in [1.807, 2.05) is 12.1 Å². The number of allylic oxidation sites excluding steroid dienone is 2. The topological polar surface area (TPSA) is 57.4 Å². The van der Waals surface area contributed by atoms with E-state index >= 15 is 0 Å². The number of nitrogens with zero attached hydrogens (tertiary/aromatic N) is 4. The molecule has 0 unspecified atom stereocenters. The van der Waals surface area contributed by atoms with Crippen molar-refractivity contribution in [3.8, 4) is 45.8 Å². The molecule has 49 heavy (non-hydrogen) atoms. The Kier molecular flexibility index (Phi) is 6.75. The van der Waals surface area contributed by atoms with Crippen molar-refractivity contribution in [2.24, 2.45) is 0 Å². The molecule has 0 saturated carbocycles. The molecule has 0 spiro atoms. The van der Waals surface area contributed by atoms with Gasteiger partial charge in [0.05, 0.1) is 39.1 Å². The largest absolute Gasteiger partial charge is 0.312 e. The van der Waals surface area contributed by atoms with Crippen LogP contribution in [0.15, 0.2) is 146 Å². The van der Waals surface area contributed by atoms with Crippen molar-refractivity contribution >= 4 is 32.7 Å². The first kappa shape index (κ1) is 28.6. The fraction of sp³-hybridized carbons (Fsp3) is 0.0667. The van der Waals surface area contributed by atoms with Gasteiger partial charge in [-0.2, -0.15) is 10.5 Å². The average molecular weight is 627 g/mol. The predicted molar refractivity (Wildman–Crippen MR) is 199 cm³/mol. The van der Waals surface area contributed by atoms with E-state index in [1.54, 1.807) is 0 Å². The molecule has 0 saturated heterocycles. The van der Waals surface area contributed by atoms with Gasteiger partial charge >= 0.3 is 0 Å². The number of hydrogen-bond donors (Lipinski definition) is 0. The van der Waals surface area contributed by atoms with Crippen LogP contribution in [-0.4, -0.2) is 9.13 Å². The Balaban J connectivity index is 1.31. The Morgan fingerprint density at radius 3 is 1.80 bits per heavy atom. The number of aryl methyl sites for hydroxylation is 1. The summed E-state index contributed by atoms with van der Waals surface area (Å²) < 4.78 is 4.59. The average Bonchev–Trinajstić information content (AvgIpc) is 3.54. The highest BCUT2D eigenvalue weighted by molar-refractivity contribution is 6.10. The van der Waals surface area contributed by atoms with E-state index < -0.39 is 0 Å². The number of nitriles is 2. The summed E-state index contributed by atoms with van der Waals surface area (Å²) in [7, 11) is 0. The maximum absolute atomic E-state index is 10.5. The van der Waals surface area contributed by atoms with Gasteiger partial charge in [-0.1, -0.05) is 109 Å². The van der Waals surface area contributed by atoms with Crippen molar-refractivity contribution < 1.29 is 0 Å². The number of aromatic nitrogens is 2. The first-order chi connectivity index (χ1) is 24.3. The van der Waals surface area contributed by atoms with E-state index in [4.69, 9.17) is 0 Å². The molecule has 0 N–H and O–H groups in total. The summed E-state index contributed by atoms with van der Waals surface area (Å²) in [5.41, 5.74) is 12.5. The summed E-state index contributed by atoms with van der Waals surface area (Å²) >= 11 is 0. The third-order valence-electron chi connectivity index (χ3n) is 9.97. The van der Waals surface area contributed by atoms with Crippen LogP contribution in [0, 0.1) is 22.7 Å². The molecule has 1 aliphatic carbocycles. The van der Waals surface area contributed by atoms with Gasteiger partial charge in [0.15, 0.2) is 0 Å². The van der Waals surface area contributed by atoms with E-state index in [-0.39, 0.29) is 0 Å². The highest BCUT2D eigenvalue weighted by atomic mass is 15.0. The lowest BCUT2D eigenvalue weighted by atomic mass is 9.91. The number of rotatable bonds is 4. The lowest BCUT2D eigenvalue weighted by Gasteiger charge is -2.19. The Morgan fingerprint density at radius 2 is 1.10 bits per heavy atom. The third-order valence-corrected chi connectivity index (χ3v) is 9.97. The van der Waals surface area contributed by atoms with Crippen molar-refractivity contribution in [2.45, 2.75) is 19.3 Å². The third kappa shape index (κ3) is 4.43. The monoisotopic (exact) mass is 626 g/mol. The fourth-order valence-electron chi connectivity index (χ4n) is 7.88. The second-order valence-corrected chi connectivity index (χ2v) is 12.6. The van der Waals surface area contributed by atoms with E-state index in [2.05, 4.69) is 155 Å². The first-order valence-corrected chi connectivity index (χ1v) is 16.7. The summed E-state index contributed by atoms with van der Waals surface area (Å²) in [6.45, 7) is 0. The maximum atomic E-state index is 10.5. The summed E-state index contributed by atoms with van der Waals surface area (Å²) in [5.74, 6) is 0. The van der Waals surface area contributed by atoms with Crippen LogP contribution in [0.4, 0.5) is 0 Å². The van der Waals surface area contributed by atoms with Crippen LogP contribution in [0.5, 0.6) is 0 Å². The second-order valence-electron chi connectivity index (χ2n) is 12.6. The standard InChI is InChI=1S/C45H30N4/c46-28-31-26-30(27-45(39(31)29-47)49-43-21-3-1-2-16-35(43)38-20-9-13-25-44(38)49)32-14-4-5-15-33(32)34-17-6-10-22-40(34)48-41-23-11-7-18-36(41)37-19-8-12-24-42(37)48/h1,3-15,17-20,22-27H,2,16,21H2. The van der Waals surface area contributed by atoms with Crippen LogP contribution in [0.3, 0.4) is 0 Å². The van der Waals surface area contributed by atoms with Gasteiger partial charge in [-0.15, -0.1) is 0 Å². The predicted octanol–water partition coefficient (Wildman–Crippen LogP) is 10.8. The van der Waals surface area contributed by atoms with Crippen LogP contribution >= 0.6 is 0 Å². The molecular weight excluding hydrogens is 597 g/mol. The Labute approximate surface area is 284 Å².